The first-order valence-corrected chi connectivity index (χ1v) is 6.56. The summed E-state index contributed by atoms with van der Waals surface area (Å²) in [5.41, 5.74) is 0.114. The minimum atomic E-state index is 0.114. The SMILES string of the molecule is CCCNC(CCCOC)C1(OC)CCC1. The van der Waals surface area contributed by atoms with Gasteiger partial charge in [-0.15, -0.1) is 0 Å². The van der Waals surface area contributed by atoms with Gasteiger partial charge in [0.25, 0.3) is 0 Å². The van der Waals surface area contributed by atoms with E-state index in [1.165, 1.54) is 25.7 Å². The fourth-order valence-corrected chi connectivity index (χ4v) is 2.52. The Morgan fingerprint density at radius 1 is 1.31 bits per heavy atom. The van der Waals surface area contributed by atoms with Crippen molar-refractivity contribution < 1.29 is 9.47 Å². The van der Waals surface area contributed by atoms with E-state index < -0.39 is 0 Å². The third-order valence-corrected chi connectivity index (χ3v) is 3.72. The van der Waals surface area contributed by atoms with Gasteiger partial charge >= 0.3 is 0 Å². The molecule has 0 amide bonds. The predicted molar refractivity (Wildman–Crippen MR) is 66.8 cm³/mol. The zero-order valence-corrected chi connectivity index (χ0v) is 11.1. The molecular formula is C13H27NO2. The lowest BCUT2D eigenvalue weighted by Gasteiger charge is -2.47. The molecule has 3 heteroatoms. The second-order valence-corrected chi connectivity index (χ2v) is 4.76. The topological polar surface area (TPSA) is 30.5 Å². The number of ether oxygens (including phenoxy) is 2. The lowest BCUT2D eigenvalue weighted by molar-refractivity contribution is -0.101. The van der Waals surface area contributed by atoms with E-state index in [1.807, 2.05) is 7.11 Å². The Bertz CT molecular complexity index is 175. The van der Waals surface area contributed by atoms with Gasteiger partial charge in [-0.25, -0.2) is 0 Å². The molecule has 16 heavy (non-hydrogen) atoms. The quantitative estimate of drug-likeness (QED) is 0.616. The summed E-state index contributed by atoms with van der Waals surface area (Å²) in [6.45, 7) is 4.15. The minimum absolute atomic E-state index is 0.114. The first-order chi connectivity index (χ1) is 7.79. The molecule has 0 radical (unpaired) electrons. The van der Waals surface area contributed by atoms with Crippen LogP contribution in [0.2, 0.25) is 0 Å². The molecule has 96 valence electrons. The fraction of sp³-hybridized carbons (Fsp3) is 1.00. The maximum atomic E-state index is 5.76. The monoisotopic (exact) mass is 229 g/mol. The van der Waals surface area contributed by atoms with Crippen LogP contribution in [0.3, 0.4) is 0 Å². The molecule has 1 N–H and O–H groups in total. The molecule has 1 rings (SSSR count). The summed E-state index contributed by atoms with van der Waals surface area (Å²) in [7, 11) is 3.63. The van der Waals surface area contributed by atoms with Crippen molar-refractivity contribution in [3.05, 3.63) is 0 Å². The largest absolute Gasteiger partial charge is 0.385 e. The van der Waals surface area contributed by atoms with Crippen LogP contribution in [-0.4, -0.2) is 39.0 Å². The third-order valence-electron chi connectivity index (χ3n) is 3.72. The molecule has 1 unspecified atom stereocenters. The molecule has 1 saturated carbocycles. The molecule has 1 atom stereocenters. The summed E-state index contributed by atoms with van der Waals surface area (Å²) in [4.78, 5) is 0. The van der Waals surface area contributed by atoms with Gasteiger partial charge in [0, 0.05) is 26.9 Å². The van der Waals surface area contributed by atoms with Crippen molar-refractivity contribution in [3.63, 3.8) is 0 Å². The number of methoxy groups -OCH3 is 2. The van der Waals surface area contributed by atoms with Gasteiger partial charge in [0.05, 0.1) is 5.60 Å². The van der Waals surface area contributed by atoms with Crippen LogP contribution in [0.5, 0.6) is 0 Å². The van der Waals surface area contributed by atoms with E-state index in [9.17, 15) is 0 Å². The molecule has 0 aliphatic heterocycles. The summed E-state index contributed by atoms with van der Waals surface area (Å²) in [5.74, 6) is 0. The van der Waals surface area contributed by atoms with E-state index in [1.54, 1.807) is 7.11 Å². The van der Waals surface area contributed by atoms with Gasteiger partial charge in [0.15, 0.2) is 0 Å². The Morgan fingerprint density at radius 3 is 2.50 bits per heavy atom. The standard InChI is InChI=1S/C13H27NO2/c1-4-10-14-12(7-5-11-15-2)13(16-3)8-6-9-13/h12,14H,4-11H2,1-3H3. The molecule has 1 fully saturated rings. The first kappa shape index (κ1) is 13.9. The molecular weight excluding hydrogens is 202 g/mol. The zero-order chi connectivity index (χ0) is 11.9. The van der Waals surface area contributed by atoms with Crippen molar-refractivity contribution in [2.75, 3.05) is 27.4 Å². The normalized spacial score (nSPS) is 20.4. The number of nitrogens with one attached hydrogen (secondary N) is 1. The Labute approximate surface area is 99.9 Å². The second kappa shape index (κ2) is 7.25. The van der Waals surface area contributed by atoms with E-state index in [0.717, 1.165) is 26.0 Å². The lowest BCUT2D eigenvalue weighted by atomic mass is 9.73. The molecule has 0 aromatic carbocycles. The summed E-state index contributed by atoms with van der Waals surface area (Å²) in [5, 5.41) is 3.64. The van der Waals surface area contributed by atoms with Crippen molar-refractivity contribution in [1.29, 1.82) is 0 Å². The highest BCUT2D eigenvalue weighted by molar-refractivity contribution is 4.99. The van der Waals surface area contributed by atoms with E-state index in [0.29, 0.717) is 6.04 Å². The maximum absolute atomic E-state index is 5.76. The van der Waals surface area contributed by atoms with Crippen LogP contribution in [0.4, 0.5) is 0 Å². The van der Waals surface area contributed by atoms with Crippen LogP contribution >= 0.6 is 0 Å². The molecule has 0 bridgehead atoms. The second-order valence-electron chi connectivity index (χ2n) is 4.76. The predicted octanol–water partition coefficient (Wildman–Crippen LogP) is 2.35. The van der Waals surface area contributed by atoms with Crippen molar-refractivity contribution in [1.82, 2.24) is 5.32 Å². The van der Waals surface area contributed by atoms with Gasteiger partial charge in [-0.2, -0.15) is 0 Å². The minimum Gasteiger partial charge on any atom is -0.385 e. The average molecular weight is 229 g/mol. The van der Waals surface area contributed by atoms with Crippen molar-refractivity contribution in [2.45, 2.75) is 57.1 Å². The Balaban J connectivity index is 2.41. The van der Waals surface area contributed by atoms with Crippen LogP contribution in [0.25, 0.3) is 0 Å². The molecule has 1 aliphatic rings. The van der Waals surface area contributed by atoms with Gasteiger partial charge in [-0.05, 0) is 45.1 Å². The number of hydrogen-bond acceptors (Lipinski definition) is 3. The molecule has 1 aliphatic carbocycles. The lowest BCUT2D eigenvalue weighted by Crippen LogP contribution is -2.56. The maximum Gasteiger partial charge on any atom is 0.0831 e. The van der Waals surface area contributed by atoms with Gasteiger partial charge in [-0.3, -0.25) is 0 Å². The highest BCUT2D eigenvalue weighted by Gasteiger charge is 2.43. The van der Waals surface area contributed by atoms with Gasteiger partial charge in [0.1, 0.15) is 0 Å². The molecule has 0 heterocycles. The third kappa shape index (κ3) is 3.44. The molecule has 0 saturated heterocycles. The Morgan fingerprint density at radius 2 is 2.06 bits per heavy atom. The summed E-state index contributed by atoms with van der Waals surface area (Å²) >= 11 is 0. The fourth-order valence-electron chi connectivity index (χ4n) is 2.52. The zero-order valence-electron chi connectivity index (χ0n) is 11.1. The summed E-state index contributed by atoms with van der Waals surface area (Å²) in [6, 6.07) is 0.501. The van der Waals surface area contributed by atoms with Gasteiger partial charge in [-0.1, -0.05) is 6.92 Å². The smallest absolute Gasteiger partial charge is 0.0831 e. The summed E-state index contributed by atoms with van der Waals surface area (Å²) < 4.78 is 10.9. The van der Waals surface area contributed by atoms with E-state index in [4.69, 9.17) is 9.47 Å². The number of hydrogen-bond donors (Lipinski definition) is 1. The van der Waals surface area contributed by atoms with Crippen LogP contribution in [0.1, 0.15) is 45.4 Å². The van der Waals surface area contributed by atoms with E-state index >= 15 is 0 Å². The highest BCUT2D eigenvalue weighted by atomic mass is 16.5. The Kier molecular flexibility index (Phi) is 6.32. The van der Waals surface area contributed by atoms with E-state index in [-0.39, 0.29) is 5.60 Å². The Hall–Kier alpha value is -0.120. The molecule has 0 spiro atoms. The van der Waals surface area contributed by atoms with E-state index in [2.05, 4.69) is 12.2 Å². The van der Waals surface area contributed by atoms with Crippen LogP contribution in [0, 0.1) is 0 Å². The summed E-state index contributed by atoms with van der Waals surface area (Å²) in [6.07, 6.45) is 7.17. The van der Waals surface area contributed by atoms with Gasteiger partial charge < -0.3 is 14.8 Å². The van der Waals surface area contributed by atoms with Crippen LogP contribution in [-0.2, 0) is 9.47 Å². The van der Waals surface area contributed by atoms with Crippen LogP contribution < -0.4 is 5.32 Å². The van der Waals surface area contributed by atoms with Gasteiger partial charge in [0.2, 0.25) is 0 Å². The highest BCUT2D eigenvalue weighted by Crippen LogP contribution is 2.39. The molecule has 0 aromatic rings. The molecule has 0 aromatic heterocycles. The van der Waals surface area contributed by atoms with Crippen molar-refractivity contribution >= 4 is 0 Å². The average Bonchev–Trinajstić information content (AvgIpc) is 2.24. The first-order valence-electron chi connectivity index (χ1n) is 6.56. The van der Waals surface area contributed by atoms with Crippen molar-refractivity contribution in [3.8, 4) is 0 Å². The van der Waals surface area contributed by atoms with Crippen LogP contribution in [0.15, 0.2) is 0 Å². The van der Waals surface area contributed by atoms with Crippen molar-refractivity contribution in [2.24, 2.45) is 0 Å². The number of rotatable bonds is 9. The molecule has 3 nitrogen and oxygen atoms in total.